The fourth-order valence-corrected chi connectivity index (χ4v) is 13.2. The van der Waals surface area contributed by atoms with Crippen LogP contribution in [0.3, 0.4) is 0 Å². The molecule has 0 fully saturated rings. The zero-order valence-electron chi connectivity index (χ0n) is 46.3. The predicted octanol–water partition coefficient (Wildman–Crippen LogP) is 17.3. The van der Waals surface area contributed by atoms with Gasteiger partial charge in [0, 0.05) is 66.6 Å². The maximum Gasteiger partial charge on any atom is 0.256 e. The molecule has 5 nitrogen and oxygen atoms in total. The minimum atomic E-state index is -0.379. The molecule has 9 aromatic carbocycles. The van der Waals surface area contributed by atoms with Crippen molar-refractivity contribution in [2.24, 2.45) is 0 Å². The first-order chi connectivity index (χ1) is 36.7. The van der Waals surface area contributed by atoms with Crippen LogP contribution in [-0.4, -0.2) is 6.71 Å². The van der Waals surface area contributed by atoms with E-state index >= 15 is 0 Å². The summed E-state index contributed by atoms with van der Waals surface area (Å²) in [4.78, 5) is 2.55. The predicted molar refractivity (Wildman–Crippen MR) is 317 cm³/mol. The molecular weight excluding hydrogens is 942 g/mol. The molecule has 14 rings (SSSR count). The Morgan fingerprint density at radius 1 is 0.338 bits per heavy atom. The Labute approximate surface area is 454 Å². The molecule has 0 bridgehead atoms. The highest BCUT2D eigenvalue weighted by molar-refractivity contribution is 6.99. The SMILES string of the molecule is CC(C)(C)c1ccc(-c2cc(C(C)(C)C)ccc2N2c3cc4c(cc3B3c5cc6c(cc5Oc5cc(-c7ccc8c(c7)C(C)(C)c7ccccc7O8)cc2c53)C(C)(C)c2ccccc2O6)Oc2ccccc2C4(C)C)cc1. The molecule has 5 heterocycles. The normalized spacial score (nSPS) is 16.2. The number of para-hydroxylation sites is 3. The quantitative estimate of drug-likeness (QED) is 0.165. The molecular formula is C71H64BNO4. The van der Waals surface area contributed by atoms with E-state index in [2.05, 4.69) is 258 Å². The molecule has 0 spiro atoms. The maximum absolute atomic E-state index is 7.51. The maximum atomic E-state index is 7.51. The average molecular weight is 1010 g/mol. The number of hydrogen-bond acceptors (Lipinski definition) is 5. The van der Waals surface area contributed by atoms with Crippen LogP contribution in [0.4, 0.5) is 17.1 Å². The highest BCUT2D eigenvalue weighted by Gasteiger charge is 2.47. The highest BCUT2D eigenvalue weighted by atomic mass is 16.5. The molecule has 5 aliphatic heterocycles. The van der Waals surface area contributed by atoms with Crippen molar-refractivity contribution in [2.45, 2.75) is 110 Å². The van der Waals surface area contributed by atoms with Crippen LogP contribution in [0.5, 0.6) is 46.0 Å². The molecule has 5 aliphatic rings. The zero-order chi connectivity index (χ0) is 53.3. The van der Waals surface area contributed by atoms with E-state index in [1.54, 1.807) is 0 Å². The van der Waals surface area contributed by atoms with Crippen LogP contribution in [0.15, 0.2) is 170 Å². The summed E-state index contributed by atoms with van der Waals surface area (Å²) < 4.78 is 28.1. The van der Waals surface area contributed by atoms with Gasteiger partial charge in [0.25, 0.3) is 6.71 Å². The molecule has 0 saturated heterocycles. The number of fused-ring (bicyclic) bond motifs is 10. The topological polar surface area (TPSA) is 40.2 Å². The van der Waals surface area contributed by atoms with Gasteiger partial charge in [0.05, 0.1) is 5.69 Å². The summed E-state index contributed by atoms with van der Waals surface area (Å²) in [7, 11) is 0. The van der Waals surface area contributed by atoms with E-state index in [4.69, 9.17) is 18.9 Å². The van der Waals surface area contributed by atoms with E-state index in [0.29, 0.717) is 0 Å². The number of benzene rings is 9. The van der Waals surface area contributed by atoms with Gasteiger partial charge in [-0.1, -0.05) is 174 Å². The Kier molecular flexibility index (Phi) is 9.90. The van der Waals surface area contributed by atoms with Crippen LogP contribution in [0.2, 0.25) is 0 Å². The van der Waals surface area contributed by atoms with Crippen molar-refractivity contribution in [1.29, 1.82) is 0 Å². The number of ether oxygens (including phenoxy) is 4. The van der Waals surface area contributed by atoms with E-state index in [9.17, 15) is 0 Å². The van der Waals surface area contributed by atoms with Gasteiger partial charge in [-0.25, -0.2) is 0 Å². The first kappa shape index (κ1) is 47.5. The van der Waals surface area contributed by atoms with Gasteiger partial charge >= 0.3 is 0 Å². The molecule has 0 atom stereocenters. The molecule has 0 aliphatic carbocycles. The molecule has 9 aromatic rings. The molecule has 0 aromatic heterocycles. The smallest absolute Gasteiger partial charge is 0.256 e. The van der Waals surface area contributed by atoms with Crippen molar-refractivity contribution in [3.63, 3.8) is 0 Å². The van der Waals surface area contributed by atoms with Gasteiger partial charge in [-0.3, -0.25) is 0 Å². The Balaban J connectivity index is 1.07. The lowest BCUT2D eigenvalue weighted by atomic mass is 9.34. The van der Waals surface area contributed by atoms with Gasteiger partial charge in [0.1, 0.15) is 46.0 Å². The van der Waals surface area contributed by atoms with E-state index in [-0.39, 0.29) is 33.8 Å². The minimum Gasteiger partial charge on any atom is -0.458 e. The largest absolute Gasteiger partial charge is 0.458 e. The van der Waals surface area contributed by atoms with Crippen molar-refractivity contribution < 1.29 is 18.9 Å². The summed E-state index contributed by atoms with van der Waals surface area (Å²) in [5.41, 5.74) is 19.3. The third-order valence-corrected chi connectivity index (χ3v) is 17.8. The van der Waals surface area contributed by atoms with Crippen molar-refractivity contribution >= 4 is 40.2 Å². The number of rotatable bonds is 3. The average Bonchev–Trinajstić information content (AvgIpc) is 3.60. The molecule has 380 valence electrons. The van der Waals surface area contributed by atoms with Crippen LogP contribution in [0.25, 0.3) is 22.3 Å². The van der Waals surface area contributed by atoms with Crippen LogP contribution in [0.1, 0.15) is 128 Å². The van der Waals surface area contributed by atoms with E-state index in [1.165, 1.54) is 22.3 Å². The van der Waals surface area contributed by atoms with Crippen LogP contribution in [-0.2, 0) is 27.1 Å². The van der Waals surface area contributed by atoms with Crippen LogP contribution in [0, 0.1) is 0 Å². The fourth-order valence-electron chi connectivity index (χ4n) is 13.2. The first-order valence-electron chi connectivity index (χ1n) is 27.4. The summed E-state index contributed by atoms with van der Waals surface area (Å²) in [5.74, 6) is 6.93. The number of anilines is 3. The van der Waals surface area contributed by atoms with Crippen LogP contribution >= 0.6 is 0 Å². The van der Waals surface area contributed by atoms with Crippen LogP contribution < -0.4 is 40.2 Å². The summed E-state index contributed by atoms with van der Waals surface area (Å²) >= 11 is 0. The standard InChI is InChI=1S/C71H64BNO4/c1-67(2,3)44-28-25-41(26-29-44)46-36-45(68(4,5)6)30-31-55(46)73-56-37-51-62(75-59-23-17-14-20-48(59)70(51,9)10)39-53(56)72-54-40-63-52(71(11,12)49-21-15-18-24-60(49)76-63)38-64(54)77-65-35-43(34-57(73)66(65)72)42-27-32-61-50(33-42)69(7,8)47-19-13-16-22-58(47)74-61/h13-40H,1-12H3. The third-order valence-electron chi connectivity index (χ3n) is 17.8. The Morgan fingerprint density at radius 2 is 0.818 bits per heavy atom. The van der Waals surface area contributed by atoms with Crippen molar-refractivity contribution in [2.75, 3.05) is 4.90 Å². The van der Waals surface area contributed by atoms with Gasteiger partial charge in [0.2, 0.25) is 0 Å². The summed E-state index contributed by atoms with van der Waals surface area (Å²) in [5, 5.41) is 0. The molecule has 0 N–H and O–H groups in total. The van der Waals surface area contributed by atoms with Gasteiger partial charge < -0.3 is 23.8 Å². The highest BCUT2D eigenvalue weighted by Crippen LogP contribution is 2.55. The second-order valence-corrected chi connectivity index (χ2v) is 25.8. The summed E-state index contributed by atoms with van der Waals surface area (Å²) in [6.07, 6.45) is 0. The third kappa shape index (κ3) is 7.06. The minimum absolute atomic E-state index is 0.00263. The lowest BCUT2D eigenvalue weighted by Gasteiger charge is -2.44. The molecule has 6 heteroatoms. The van der Waals surface area contributed by atoms with Crippen molar-refractivity contribution in [3.05, 3.63) is 214 Å². The summed E-state index contributed by atoms with van der Waals surface area (Å²) in [6.45, 7) is 27.4. The fraction of sp³-hybridized carbons (Fsp3) is 0.239. The molecule has 0 saturated carbocycles. The van der Waals surface area contributed by atoms with Crippen molar-refractivity contribution in [1.82, 2.24) is 0 Å². The van der Waals surface area contributed by atoms with E-state index < -0.39 is 0 Å². The Morgan fingerprint density at radius 3 is 1.40 bits per heavy atom. The van der Waals surface area contributed by atoms with Gasteiger partial charge in [-0.05, 0) is 134 Å². The lowest BCUT2D eigenvalue weighted by Crippen LogP contribution is -2.60. The number of nitrogens with zero attached hydrogens (tertiary/aromatic N) is 1. The van der Waals surface area contributed by atoms with E-state index in [1.807, 2.05) is 0 Å². The van der Waals surface area contributed by atoms with Gasteiger partial charge in [-0.2, -0.15) is 0 Å². The number of hydrogen-bond donors (Lipinski definition) is 0. The lowest BCUT2D eigenvalue weighted by molar-refractivity contribution is 0.414. The second kappa shape index (κ2) is 16.1. The monoisotopic (exact) mass is 1010 g/mol. The molecule has 0 amide bonds. The van der Waals surface area contributed by atoms with Gasteiger partial charge in [-0.15, -0.1) is 0 Å². The molecule has 77 heavy (non-hydrogen) atoms. The second-order valence-electron chi connectivity index (χ2n) is 25.8. The molecule has 0 radical (unpaired) electrons. The first-order valence-corrected chi connectivity index (χ1v) is 27.4. The van der Waals surface area contributed by atoms with E-state index in [0.717, 1.165) is 124 Å². The van der Waals surface area contributed by atoms with Gasteiger partial charge in [0.15, 0.2) is 0 Å². The zero-order valence-corrected chi connectivity index (χ0v) is 46.3. The molecule has 0 unspecified atom stereocenters. The Hall–Kier alpha value is -7.96. The van der Waals surface area contributed by atoms with Crippen molar-refractivity contribution in [3.8, 4) is 68.2 Å². The Bertz CT molecular complexity index is 4000. The summed E-state index contributed by atoms with van der Waals surface area (Å²) in [6, 6.07) is 62.6.